The number of nitrogens with one attached hydrogen (secondary N) is 1. The second kappa shape index (κ2) is 5.35. The fourth-order valence-electron chi connectivity index (χ4n) is 2.10. The van der Waals surface area contributed by atoms with Gasteiger partial charge in [0, 0.05) is 43.3 Å². The molecular weight excluding hydrogens is 196 g/mol. The van der Waals surface area contributed by atoms with Crippen molar-refractivity contribution in [2.75, 3.05) is 44.9 Å². The van der Waals surface area contributed by atoms with Crippen LogP contribution in [0.4, 0.5) is 0 Å². The van der Waals surface area contributed by atoms with Crippen LogP contribution in [-0.4, -0.2) is 61.8 Å². The number of likely N-dealkylation sites (N-methyl/N-ethyl adjacent to an activating group) is 1. The Bertz CT molecular complexity index is 168. The maximum Gasteiger partial charge on any atom is 0.0622 e. The van der Waals surface area contributed by atoms with Gasteiger partial charge in [-0.1, -0.05) is 0 Å². The summed E-state index contributed by atoms with van der Waals surface area (Å²) in [6.07, 6.45) is 1.20. The fourth-order valence-corrected chi connectivity index (χ4v) is 3.04. The predicted octanol–water partition coefficient (Wildman–Crippen LogP) is 0.412. The van der Waals surface area contributed by atoms with Crippen molar-refractivity contribution in [3.8, 4) is 0 Å². The highest BCUT2D eigenvalue weighted by atomic mass is 32.2. The molecule has 3 nitrogen and oxygen atoms in total. The largest absolute Gasteiger partial charge is 0.380 e. The summed E-state index contributed by atoms with van der Waals surface area (Å²) in [6.45, 7) is 4.21. The van der Waals surface area contributed by atoms with E-state index in [9.17, 15) is 0 Å². The Morgan fingerprint density at radius 1 is 1.57 bits per heavy atom. The normalized spacial score (nSPS) is 33.9. The van der Waals surface area contributed by atoms with Gasteiger partial charge in [-0.2, -0.15) is 11.8 Å². The lowest BCUT2D eigenvalue weighted by Crippen LogP contribution is -2.47. The Balaban J connectivity index is 1.72. The molecule has 0 saturated carbocycles. The average molecular weight is 216 g/mol. The molecule has 2 heterocycles. The third-order valence-electron chi connectivity index (χ3n) is 3.04. The van der Waals surface area contributed by atoms with E-state index in [1.807, 2.05) is 0 Å². The quantitative estimate of drug-likeness (QED) is 0.738. The van der Waals surface area contributed by atoms with Crippen LogP contribution in [0.3, 0.4) is 0 Å². The minimum Gasteiger partial charge on any atom is -0.380 e. The van der Waals surface area contributed by atoms with Crippen LogP contribution in [0.1, 0.15) is 6.42 Å². The molecule has 14 heavy (non-hydrogen) atoms. The highest BCUT2D eigenvalue weighted by Gasteiger charge is 2.23. The van der Waals surface area contributed by atoms with Crippen molar-refractivity contribution in [2.24, 2.45) is 0 Å². The van der Waals surface area contributed by atoms with Crippen molar-refractivity contribution in [3.05, 3.63) is 0 Å². The second-order valence-electron chi connectivity index (χ2n) is 4.18. The third-order valence-corrected chi connectivity index (χ3v) is 4.17. The molecule has 82 valence electrons. The van der Waals surface area contributed by atoms with E-state index < -0.39 is 0 Å². The van der Waals surface area contributed by atoms with Crippen molar-refractivity contribution in [2.45, 2.75) is 18.5 Å². The Morgan fingerprint density at radius 2 is 2.50 bits per heavy atom. The zero-order chi connectivity index (χ0) is 9.80. The van der Waals surface area contributed by atoms with E-state index in [1.54, 1.807) is 0 Å². The third kappa shape index (κ3) is 2.86. The molecule has 0 aliphatic carbocycles. The SMILES string of the molecule is CN(CC1CSCCN1)C1CCOC1. The Kier molecular flexibility index (Phi) is 4.10. The smallest absolute Gasteiger partial charge is 0.0622 e. The summed E-state index contributed by atoms with van der Waals surface area (Å²) in [6, 6.07) is 1.34. The molecule has 0 bridgehead atoms. The van der Waals surface area contributed by atoms with Crippen LogP contribution < -0.4 is 5.32 Å². The molecule has 0 aromatic carbocycles. The topological polar surface area (TPSA) is 24.5 Å². The van der Waals surface area contributed by atoms with E-state index in [2.05, 4.69) is 29.0 Å². The van der Waals surface area contributed by atoms with Crippen LogP contribution in [0.2, 0.25) is 0 Å². The number of hydrogen-bond donors (Lipinski definition) is 1. The number of ether oxygens (including phenoxy) is 1. The highest BCUT2D eigenvalue weighted by molar-refractivity contribution is 7.99. The highest BCUT2D eigenvalue weighted by Crippen LogP contribution is 2.13. The van der Waals surface area contributed by atoms with Crippen molar-refractivity contribution < 1.29 is 4.74 Å². The van der Waals surface area contributed by atoms with Crippen molar-refractivity contribution in [1.29, 1.82) is 0 Å². The molecule has 2 unspecified atom stereocenters. The van der Waals surface area contributed by atoms with Gasteiger partial charge in [-0.15, -0.1) is 0 Å². The summed E-state index contributed by atoms with van der Waals surface area (Å²) < 4.78 is 5.40. The zero-order valence-electron chi connectivity index (χ0n) is 8.87. The lowest BCUT2D eigenvalue weighted by molar-refractivity contribution is 0.154. The zero-order valence-corrected chi connectivity index (χ0v) is 9.68. The van der Waals surface area contributed by atoms with Gasteiger partial charge in [0.15, 0.2) is 0 Å². The molecule has 4 heteroatoms. The first-order valence-electron chi connectivity index (χ1n) is 5.45. The van der Waals surface area contributed by atoms with Gasteiger partial charge in [-0.25, -0.2) is 0 Å². The average Bonchev–Trinajstić information content (AvgIpc) is 2.72. The molecule has 0 aromatic heterocycles. The number of rotatable bonds is 3. The minimum absolute atomic E-state index is 0.656. The summed E-state index contributed by atoms with van der Waals surface area (Å²) >= 11 is 2.07. The Labute approximate surface area is 90.6 Å². The fraction of sp³-hybridized carbons (Fsp3) is 1.00. The lowest BCUT2D eigenvalue weighted by atomic mass is 10.2. The van der Waals surface area contributed by atoms with Crippen LogP contribution in [0.15, 0.2) is 0 Å². The number of hydrogen-bond acceptors (Lipinski definition) is 4. The van der Waals surface area contributed by atoms with E-state index in [4.69, 9.17) is 4.74 Å². The first-order chi connectivity index (χ1) is 6.86. The van der Waals surface area contributed by atoms with Crippen LogP contribution in [0, 0.1) is 0 Å². The molecule has 2 saturated heterocycles. The van der Waals surface area contributed by atoms with Gasteiger partial charge in [-0.3, -0.25) is 4.90 Å². The van der Waals surface area contributed by atoms with Gasteiger partial charge in [0.2, 0.25) is 0 Å². The number of thioether (sulfide) groups is 1. The first-order valence-corrected chi connectivity index (χ1v) is 6.61. The lowest BCUT2D eigenvalue weighted by Gasteiger charge is -2.30. The monoisotopic (exact) mass is 216 g/mol. The summed E-state index contributed by atoms with van der Waals surface area (Å²) in [4.78, 5) is 2.45. The maximum atomic E-state index is 5.40. The molecule has 0 spiro atoms. The van der Waals surface area contributed by atoms with Crippen LogP contribution >= 0.6 is 11.8 Å². The Morgan fingerprint density at radius 3 is 3.14 bits per heavy atom. The van der Waals surface area contributed by atoms with Crippen molar-refractivity contribution in [3.63, 3.8) is 0 Å². The molecular formula is C10H20N2OS. The molecule has 2 aliphatic heterocycles. The second-order valence-corrected chi connectivity index (χ2v) is 5.33. The van der Waals surface area contributed by atoms with Crippen molar-refractivity contribution >= 4 is 11.8 Å². The van der Waals surface area contributed by atoms with Crippen molar-refractivity contribution in [1.82, 2.24) is 10.2 Å². The van der Waals surface area contributed by atoms with Crippen LogP contribution in [0.25, 0.3) is 0 Å². The summed E-state index contributed by atoms with van der Waals surface area (Å²) in [7, 11) is 2.22. The summed E-state index contributed by atoms with van der Waals surface area (Å²) in [5, 5.41) is 3.57. The molecule has 2 fully saturated rings. The molecule has 0 amide bonds. The van der Waals surface area contributed by atoms with Gasteiger partial charge in [-0.05, 0) is 13.5 Å². The summed E-state index contributed by atoms with van der Waals surface area (Å²) in [5.41, 5.74) is 0. The van der Waals surface area contributed by atoms with E-state index >= 15 is 0 Å². The summed E-state index contributed by atoms with van der Waals surface area (Å²) in [5.74, 6) is 2.53. The molecule has 1 N–H and O–H groups in total. The van der Waals surface area contributed by atoms with E-state index in [0.29, 0.717) is 12.1 Å². The molecule has 0 aromatic rings. The molecule has 2 aliphatic rings. The van der Waals surface area contributed by atoms with Crippen LogP contribution in [-0.2, 0) is 4.74 Å². The van der Waals surface area contributed by atoms with Gasteiger partial charge in [0.25, 0.3) is 0 Å². The van der Waals surface area contributed by atoms with Gasteiger partial charge >= 0.3 is 0 Å². The van der Waals surface area contributed by atoms with E-state index in [0.717, 1.165) is 13.2 Å². The minimum atomic E-state index is 0.656. The van der Waals surface area contributed by atoms with Gasteiger partial charge in [0.05, 0.1) is 6.61 Å². The van der Waals surface area contributed by atoms with E-state index in [-0.39, 0.29) is 0 Å². The Hall–Kier alpha value is 0.230. The molecule has 0 radical (unpaired) electrons. The molecule has 2 atom stereocenters. The van der Waals surface area contributed by atoms with Crippen LogP contribution in [0.5, 0.6) is 0 Å². The number of nitrogens with zero attached hydrogens (tertiary/aromatic N) is 1. The molecule has 2 rings (SSSR count). The predicted molar refractivity (Wildman–Crippen MR) is 61.0 cm³/mol. The van der Waals surface area contributed by atoms with E-state index in [1.165, 1.54) is 31.0 Å². The standard InChI is InChI=1S/C10H20N2OS/c1-12(10-2-4-13-7-10)6-9-8-14-5-3-11-9/h9-11H,2-8H2,1H3. The van der Waals surface area contributed by atoms with Gasteiger partial charge in [0.1, 0.15) is 0 Å². The first kappa shape index (κ1) is 10.7. The van der Waals surface area contributed by atoms with Gasteiger partial charge < -0.3 is 10.1 Å². The maximum absolute atomic E-state index is 5.40.